The molecule has 1 atom stereocenters. The number of carbonyl (C=O) groups is 1. The summed E-state index contributed by atoms with van der Waals surface area (Å²) in [7, 11) is -3.21. The van der Waals surface area contributed by atoms with Crippen molar-refractivity contribution < 1.29 is 13.2 Å². The van der Waals surface area contributed by atoms with Crippen LogP contribution < -0.4 is 5.32 Å². The van der Waals surface area contributed by atoms with Crippen molar-refractivity contribution in [3.05, 3.63) is 35.9 Å². The molecule has 1 aromatic rings. The standard InChI is InChI=1S/C19H29N3O3S/c1-3-26(24,25)22-12-9-19(10-13-22,17-7-5-4-6-8-17)18(23)21-14-11-20-16(2)15-21/h4-8,16,20H,3,9-15H2,1-2H3. The van der Waals surface area contributed by atoms with Crippen molar-refractivity contribution in [3.63, 3.8) is 0 Å². The fourth-order valence-corrected chi connectivity index (χ4v) is 5.24. The number of carbonyl (C=O) groups excluding carboxylic acids is 1. The van der Waals surface area contributed by atoms with Crippen LogP contribution in [-0.4, -0.2) is 68.0 Å². The Labute approximate surface area is 156 Å². The lowest BCUT2D eigenvalue weighted by Crippen LogP contribution is -2.59. The van der Waals surface area contributed by atoms with Gasteiger partial charge in [-0.25, -0.2) is 12.7 Å². The smallest absolute Gasteiger partial charge is 0.233 e. The van der Waals surface area contributed by atoms with E-state index in [4.69, 9.17) is 0 Å². The van der Waals surface area contributed by atoms with Gasteiger partial charge in [-0.15, -0.1) is 0 Å². The summed E-state index contributed by atoms with van der Waals surface area (Å²) in [6, 6.07) is 10.2. The second-order valence-electron chi connectivity index (χ2n) is 7.35. The van der Waals surface area contributed by atoms with E-state index in [0.29, 0.717) is 39.0 Å². The summed E-state index contributed by atoms with van der Waals surface area (Å²) in [6.07, 6.45) is 1.07. The van der Waals surface area contributed by atoms with Crippen LogP contribution in [0.5, 0.6) is 0 Å². The average Bonchev–Trinajstić information content (AvgIpc) is 2.68. The zero-order valence-corrected chi connectivity index (χ0v) is 16.5. The van der Waals surface area contributed by atoms with E-state index in [1.54, 1.807) is 11.2 Å². The summed E-state index contributed by atoms with van der Waals surface area (Å²) in [5.41, 5.74) is 0.377. The Morgan fingerprint density at radius 3 is 2.42 bits per heavy atom. The van der Waals surface area contributed by atoms with Crippen LogP contribution in [0.25, 0.3) is 0 Å². The first-order chi connectivity index (χ1) is 12.4. The van der Waals surface area contributed by atoms with E-state index in [9.17, 15) is 13.2 Å². The Balaban J connectivity index is 1.89. The van der Waals surface area contributed by atoms with Crippen molar-refractivity contribution in [2.24, 2.45) is 0 Å². The largest absolute Gasteiger partial charge is 0.339 e. The molecule has 0 bridgehead atoms. The third-order valence-electron chi connectivity index (χ3n) is 5.73. The molecule has 1 amide bonds. The van der Waals surface area contributed by atoms with Gasteiger partial charge in [0, 0.05) is 38.8 Å². The quantitative estimate of drug-likeness (QED) is 0.853. The summed E-state index contributed by atoms with van der Waals surface area (Å²) in [5.74, 6) is 0.250. The van der Waals surface area contributed by atoms with Crippen molar-refractivity contribution in [2.75, 3.05) is 38.5 Å². The van der Waals surface area contributed by atoms with Crippen LogP contribution in [0.15, 0.2) is 30.3 Å². The third-order valence-corrected chi connectivity index (χ3v) is 7.61. The molecule has 2 aliphatic rings. The lowest BCUT2D eigenvalue weighted by atomic mass is 9.72. The van der Waals surface area contributed by atoms with Crippen LogP contribution >= 0.6 is 0 Å². The molecule has 1 unspecified atom stereocenters. The predicted octanol–water partition coefficient (Wildman–Crippen LogP) is 1.19. The molecule has 26 heavy (non-hydrogen) atoms. The summed E-state index contributed by atoms with van der Waals surface area (Å²) >= 11 is 0. The lowest BCUT2D eigenvalue weighted by molar-refractivity contribution is -0.140. The van der Waals surface area contributed by atoms with Gasteiger partial charge in [-0.3, -0.25) is 4.79 Å². The van der Waals surface area contributed by atoms with Crippen molar-refractivity contribution in [3.8, 4) is 0 Å². The molecule has 2 saturated heterocycles. The summed E-state index contributed by atoms with van der Waals surface area (Å²) < 4.78 is 26.0. The van der Waals surface area contributed by atoms with Crippen molar-refractivity contribution in [1.29, 1.82) is 0 Å². The maximum Gasteiger partial charge on any atom is 0.233 e. The zero-order chi connectivity index (χ0) is 18.8. The monoisotopic (exact) mass is 379 g/mol. The summed E-state index contributed by atoms with van der Waals surface area (Å²) in [5, 5.41) is 3.38. The van der Waals surface area contributed by atoms with E-state index in [1.165, 1.54) is 0 Å². The molecular weight excluding hydrogens is 350 g/mol. The minimum absolute atomic E-state index is 0.106. The minimum Gasteiger partial charge on any atom is -0.339 e. The second kappa shape index (κ2) is 7.66. The summed E-state index contributed by atoms with van der Waals surface area (Å²) in [6.45, 7) is 6.76. The first kappa shape index (κ1) is 19.3. The van der Waals surface area contributed by atoms with E-state index in [0.717, 1.165) is 12.1 Å². The Morgan fingerprint density at radius 2 is 1.85 bits per heavy atom. The van der Waals surface area contributed by atoms with Gasteiger partial charge >= 0.3 is 0 Å². The number of nitrogens with zero attached hydrogens (tertiary/aromatic N) is 2. The van der Waals surface area contributed by atoms with Crippen LogP contribution in [0.3, 0.4) is 0 Å². The molecule has 0 radical (unpaired) electrons. The van der Waals surface area contributed by atoms with Crippen LogP contribution in [0.4, 0.5) is 0 Å². The Morgan fingerprint density at radius 1 is 1.19 bits per heavy atom. The highest BCUT2D eigenvalue weighted by molar-refractivity contribution is 7.89. The predicted molar refractivity (Wildman–Crippen MR) is 102 cm³/mol. The topological polar surface area (TPSA) is 69.7 Å². The SMILES string of the molecule is CCS(=O)(=O)N1CCC(C(=O)N2CCNC(C)C2)(c2ccccc2)CC1. The van der Waals surface area contributed by atoms with Gasteiger partial charge in [0.1, 0.15) is 0 Å². The first-order valence-corrected chi connectivity index (χ1v) is 11.1. The number of hydrogen-bond donors (Lipinski definition) is 1. The minimum atomic E-state index is -3.21. The van der Waals surface area contributed by atoms with Gasteiger partial charge in [-0.05, 0) is 32.3 Å². The molecule has 0 aliphatic carbocycles. The number of sulfonamides is 1. The van der Waals surface area contributed by atoms with Gasteiger partial charge in [0.25, 0.3) is 0 Å². The number of amides is 1. The van der Waals surface area contributed by atoms with E-state index in [1.807, 2.05) is 35.2 Å². The molecule has 2 fully saturated rings. The van der Waals surface area contributed by atoms with Crippen molar-refractivity contribution in [1.82, 2.24) is 14.5 Å². The molecule has 1 N–H and O–H groups in total. The number of benzene rings is 1. The van der Waals surface area contributed by atoms with Gasteiger partial charge in [-0.2, -0.15) is 0 Å². The number of piperidine rings is 1. The van der Waals surface area contributed by atoms with Crippen LogP contribution in [0, 0.1) is 0 Å². The number of piperazine rings is 1. The summed E-state index contributed by atoms with van der Waals surface area (Å²) in [4.78, 5) is 15.5. The Hall–Kier alpha value is -1.44. The molecule has 0 saturated carbocycles. The fraction of sp³-hybridized carbons (Fsp3) is 0.632. The molecule has 0 spiro atoms. The van der Waals surface area contributed by atoms with Crippen molar-refractivity contribution in [2.45, 2.75) is 38.1 Å². The van der Waals surface area contributed by atoms with Gasteiger partial charge in [0.2, 0.25) is 15.9 Å². The molecule has 144 valence electrons. The molecule has 0 aromatic heterocycles. The number of nitrogens with one attached hydrogen (secondary N) is 1. The average molecular weight is 380 g/mol. The first-order valence-electron chi connectivity index (χ1n) is 9.45. The maximum absolute atomic E-state index is 13.6. The highest BCUT2D eigenvalue weighted by atomic mass is 32.2. The van der Waals surface area contributed by atoms with Crippen LogP contribution in [-0.2, 0) is 20.2 Å². The van der Waals surface area contributed by atoms with Crippen LogP contribution in [0.1, 0.15) is 32.3 Å². The van der Waals surface area contributed by atoms with Gasteiger partial charge in [0.05, 0.1) is 11.2 Å². The van der Waals surface area contributed by atoms with Crippen molar-refractivity contribution >= 4 is 15.9 Å². The molecule has 2 aliphatic heterocycles. The molecular formula is C19H29N3O3S. The van der Waals surface area contributed by atoms with E-state index in [2.05, 4.69) is 12.2 Å². The van der Waals surface area contributed by atoms with E-state index < -0.39 is 15.4 Å². The number of rotatable bonds is 4. The Kier molecular flexibility index (Phi) is 5.69. The van der Waals surface area contributed by atoms with E-state index >= 15 is 0 Å². The fourth-order valence-electron chi connectivity index (χ4n) is 4.13. The molecule has 3 rings (SSSR count). The molecule has 1 aromatic carbocycles. The normalized spacial score (nSPS) is 24.4. The van der Waals surface area contributed by atoms with Gasteiger partial charge < -0.3 is 10.2 Å². The van der Waals surface area contributed by atoms with Gasteiger partial charge in [0.15, 0.2) is 0 Å². The third kappa shape index (κ3) is 3.66. The zero-order valence-electron chi connectivity index (χ0n) is 15.6. The van der Waals surface area contributed by atoms with Gasteiger partial charge in [-0.1, -0.05) is 30.3 Å². The molecule has 7 heteroatoms. The molecule has 2 heterocycles. The number of hydrogen-bond acceptors (Lipinski definition) is 4. The van der Waals surface area contributed by atoms with E-state index in [-0.39, 0.29) is 17.7 Å². The lowest BCUT2D eigenvalue weighted by Gasteiger charge is -2.44. The second-order valence-corrected chi connectivity index (χ2v) is 9.61. The highest BCUT2D eigenvalue weighted by Crippen LogP contribution is 2.38. The highest BCUT2D eigenvalue weighted by Gasteiger charge is 2.46. The molecule has 6 nitrogen and oxygen atoms in total. The maximum atomic E-state index is 13.6. The van der Waals surface area contributed by atoms with Crippen LogP contribution in [0.2, 0.25) is 0 Å². The Bertz CT molecular complexity index is 728.